The topological polar surface area (TPSA) is 106 Å². The van der Waals surface area contributed by atoms with Gasteiger partial charge in [-0.25, -0.2) is 0 Å². The van der Waals surface area contributed by atoms with Gasteiger partial charge in [-0.15, -0.1) is 0 Å². The zero-order chi connectivity index (χ0) is 34.5. The molecule has 4 atom stereocenters. The van der Waals surface area contributed by atoms with Crippen LogP contribution < -0.4 is 20.1 Å². The molecule has 1 aliphatic carbocycles. The lowest BCUT2D eigenvalue weighted by Crippen LogP contribution is -2.43. The number of ether oxygens (including phenoxy) is 3. The van der Waals surface area contributed by atoms with E-state index in [1.54, 1.807) is 0 Å². The molecule has 0 aromatic heterocycles. The number of halogens is 2. The van der Waals surface area contributed by atoms with E-state index in [0.717, 1.165) is 43.0 Å². The van der Waals surface area contributed by atoms with Crippen LogP contribution in [-0.2, 0) is 14.9 Å². The molecule has 11 heteroatoms. The number of morpholine rings is 1. The first-order valence-electron chi connectivity index (χ1n) is 16.0. The molecular weight excluding hydrogens is 671 g/mol. The van der Waals surface area contributed by atoms with Crippen molar-refractivity contribution in [2.24, 2.45) is 0 Å². The second kappa shape index (κ2) is 18.6. The standard InChI is InChI=1S/C19H23NO3.C17H17Cl2N.CH4O3S/c1-2-21-16-10-6-7-11-17(16)23-19(15-8-4-3-5-9-15)18-14-20-12-13-22-18;1-20-17-9-7-12(13-4-2-3-5-14(13)17)11-6-8-15(18)16(19)10-11;1-5(2,3)4/h3-11,18-20H,2,12-14H2,1H3;2-6,8,10,12,17,20H,7,9H2,1H3;1H3,(H,2,3,4)/t18-,19-;12-,17-;/m00./s1. The molecular formula is C37H44Cl2N2O6S. The van der Waals surface area contributed by atoms with Crippen molar-refractivity contribution in [3.63, 3.8) is 0 Å². The van der Waals surface area contributed by atoms with Crippen LogP contribution in [0.15, 0.2) is 97.1 Å². The van der Waals surface area contributed by atoms with E-state index in [2.05, 4.69) is 53.1 Å². The zero-order valence-electron chi connectivity index (χ0n) is 27.4. The smallest absolute Gasteiger partial charge is 0.261 e. The molecule has 4 aromatic rings. The first-order chi connectivity index (χ1) is 23.1. The van der Waals surface area contributed by atoms with Gasteiger partial charge in [0.15, 0.2) is 17.6 Å². The molecule has 0 radical (unpaired) electrons. The summed E-state index contributed by atoms with van der Waals surface area (Å²) in [6, 6.07) is 33.1. The fourth-order valence-corrected chi connectivity index (χ4v) is 6.21. The maximum Gasteiger partial charge on any atom is 0.261 e. The number of benzene rings is 4. The quantitative estimate of drug-likeness (QED) is 0.158. The molecule has 3 N–H and O–H groups in total. The van der Waals surface area contributed by atoms with Gasteiger partial charge < -0.3 is 24.8 Å². The maximum absolute atomic E-state index is 9.19. The summed E-state index contributed by atoms with van der Waals surface area (Å²) in [5.74, 6) is 1.92. The Hall–Kier alpha value is -3.15. The lowest BCUT2D eigenvalue weighted by atomic mass is 9.77. The minimum Gasteiger partial charge on any atom is -0.490 e. The van der Waals surface area contributed by atoms with E-state index in [9.17, 15) is 8.42 Å². The fraction of sp³-hybridized carbons (Fsp3) is 0.351. The summed E-state index contributed by atoms with van der Waals surface area (Å²) >= 11 is 12.2. The highest BCUT2D eigenvalue weighted by Gasteiger charge is 2.29. The van der Waals surface area contributed by atoms with Crippen LogP contribution in [0.3, 0.4) is 0 Å². The molecule has 8 nitrogen and oxygen atoms in total. The molecule has 48 heavy (non-hydrogen) atoms. The van der Waals surface area contributed by atoms with Gasteiger partial charge in [0.25, 0.3) is 10.1 Å². The third-order valence-electron chi connectivity index (χ3n) is 8.01. The predicted molar refractivity (Wildman–Crippen MR) is 193 cm³/mol. The number of rotatable bonds is 8. The first-order valence-corrected chi connectivity index (χ1v) is 18.6. The summed E-state index contributed by atoms with van der Waals surface area (Å²) in [6.45, 7) is 4.94. The Morgan fingerprint density at radius 1 is 0.917 bits per heavy atom. The van der Waals surface area contributed by atoms with Crippen molar-refractivity contribution in [3.8, 4) is 11.5 Å². The number of fused-ring (bicyclic) bond motifs is 1. The maximum atomic E-state index is 9.19. The van der Waals surface area contributed by atoms with E-state index >= 15 is 0 Å². The number of hydrogen-bond acceptors (Lipinski definition) is 7. The minimum atomic E-state index is -3.67. The van der Waals surface area contributed by atoms with E-state index < -0.39 is 10.1 Å². The number of para-hydroxylation sites is 2. The molecule has 0 unspecified atom stereocenters. The Labute approximate surface area is 294 Å². The fourth-order valence-electron chi connectivity index (χ4n) is 5.91. The molecule has 0 spiro atoms. The minimum absolute atomic E-state index is 0.0270. The van der Waals surface area contributed by atoms with Crippen molar-refractivity contribution >= 4 is 33.3 Å². The van der Waals surface area contributed by atoms with Crippen molar-refractivity contribution < 1.29 is 27.2 Å². The Kier molecular flexibility index (Phi) is 14.6. The molecule has 0 amide bonds. The third kappa shape index (κ3) is 11.2. The van der Waals surface area contributed by atoms with Crippen molar-refractivity contribution in [1.82, 2.24) is 10.6 Å². The molecule has 2 aliphatic rings. The van der Waals surface area contributed by atoms with E-state index in [1.807, 2.05) is 68.6 Å². The van der Waals surface area contributed by atoms with Gasteiger partial charge in [-0.3, -0.25) is 4.55 Å². The lowest BCUT2D eigenvalue weighted by Gasteiger charge is -2.32. The monoisotopic (exact) mass is 714 g/mol. The van der Waals surface area contributed by atoms with Crippen LogP contribution in [0, 0.1) is 0 Å². The summed E-state index contributed by atoms with van der Waals surface area (Å²) in [6.07, 6.45) is 2.78. The van der Waals surface area contributed by atoms with Crippen LogP contribution in [0.4, 0.5) is 0 Å². The van der Waals surface area contributed by atoms with Crippen molar-refractivity contribution in [2.45, 2.75) is 43.9 Å². The molecule has 1 fully saturated rings. The second-order valence-electron chi connectivity index (χ2n) is 11.4. The third-order valence-corrected chi connectivity index (χ3v) is 8.75. The SMILES string of the molecule is CCOc1ccccc1O[C@@H](c1ccccc1)[C@@H]1CNCCO1.CN[C@H]1CC[C@@H](c2ccc(Cl)c(Cl)c2)c2ccccc21.CS(=O)(=O)O. The van der Waals surface area contributed by atoms with Crippen LogP contribution >= 0.6 is 23.2 Å². The van der Waals surface area contributed by atoms with Crippen molar-refractivity contribution in [3.05, 3.63) is 129 Å². The summed E-state index contributed by atoms with van der Waals surface area (Å²) in [5.41, 5.74) is 5.16. The van der Waals surface area contributed by atoms with E-state index in [-0.39, 0.29) is 12.2 Å². The average Bonchev–Trinajstić information content (AvgIpc) is 3.09. The van der Waals surface area contributed by atoms with E-state index in [1.165, 1.54) is 16.7 Å². The molecule has 6 rings (SSSR count). The van der Waals surface area contributed by atoms with Crippen molar-refractivity contribution in [1.29, 1.82) is 0 Å². The van der Waals surface area contributed by atoms with Crippen LogP contribution in [-0.4, -0.2) is 58.7 Å². The van der Waals surface area contributed by atoms with Gasteiger partial charge in [0.1, 0.15) is 6.10 Å². The summed E-state index contributed by atoms with van der Waals surface area (Å²) in [5, 5.41) is 8.03. The predicted octanol–water partition coefficient (Wildman–Crippen LogP) is 7.88. The Bertz CT molecular complexity index is 1680. The lowest BCUT2D eigenvalue weighted by molar-refractivity contribution is -0.0439. The van der Waals surface area contributed by atoms with Crippen LogP contribution in [0.5, 0.6) is 11.5 Å². The number of hydrogen-bond donors (Lipinski definition) is 3. The molecule has 258 valence electrons. The van der Waals surface area contributed by atoms with Crippen LogP contribution in [0.1, 0.15) is 60.1 Å². The normalized spacial score (nSPS) is 19.3. The summed E-state index contributed by atoms with van der Waals surface area (Å²) in [4.78, 5) is 0. The zero-order valence-corrected chi connectivity index (χ0v) is 29.8. The average molecular weight is 716 g/mol. The van der Waals surface area contributed by atoms with Crippen LogP contribution in [0.25, 0.3) is 0 Å². The highest BCUT2D eigenvalue weighted by molar-refractivity contribution is 7.85. The van der Waals surface area contributed by atoms with Gasteiger partial charge in [-0.1, -0.05) is 96.0 Å². The highest BCUT2D eigenvalue weighted by Crippen LogP contribution is 2.42. The van der Waals surface area contributed by atoms with Gasteiger partial charge in [0, 0.05) is 25.0 Å². The largest absolute Gasteiger partial charge is 0.490 e. The van der Waals surface area contributed by atoms with Gasteiger partial charge in [0.2, 0.25) is 0 Å². The Morgan fingerprint density at radius 3 is 2.19 bits per heavy atom. The van der Waals surface area contributed by atoms with Crippen LogP contribution in [0.2, 0.25) is 10.0 Å². The Balaban J connectivity index is 0.000000192. The molecule has 1 aliphatic heterocycles. The van der Waals surface area contributed by atoms with E-state index in [4.69, 9.17) is 42.0 Å². The number of nitrogens with one attached hydrogen (secondary N) is 2. The van der Waals surface area contributed by atoms with Gasteiger partial charge in [-0.2, -0.15) is 8.42 Å². The molecule has 1 heterocycles. The Morgan fingerprint density at radius 2 is 1.56 bits per heavy atom. The van der Waals surface area contributed by atoms with Gasteiger partial charge >= 0.3 is 0 Å². The molecule has 0 saturated carbocycles. The van der Waals surface area contributed by atoms with E-state index in [0.29, 0.717) is 41.5 Å². The second-order valence-corrected chi connectivity index (χ2v) is 13.7. The molecule has 4 aromatic carbocycles. The highest BCUT2D eigenvalue weighted by atomic mass is 35.5. The molecule has 0 bridgehead atoms. The first kappa shape index (κ1) is 37.7. The summed E-state index contributed by atoms with van der Waals surface area (Å²) < 4.78 is 43.8. The van der Waals surface area contributed by atoms with Gasteiger partial charge in [0.05, 0.1) is 29.5 Å². The van der Waals surface area contributed by atoms with Crippen molar-refractivity contribution in [2.75, 3.05) is 39.6 Å². The molecule has 1 saturated heterocycles. The van der Waals surface area contributed by atoms with Gasteiger partial charge in [-0.05, 0) is 73.3 Å². The summed E-state index contributed by atoms with van der Waals surface area (Å²) in [7, 11) is -1.64.